The van der Waals surface area contributed by atoms with Crippen molar-refractivity contribution in [2.24, 2.45) is 0 Å². The standard InChI is InChI=1S/C13H9N3/c1-2-11-12(15-6-1)5-9-16-13(11)10-3-7-14-8-4-10/h1-9H. The Kier molecular flexibility index (Phi) is 2.07. The van der Waals surface area contributed by atoms with Crippen molar-refractivity contribution in [2.75, 3.05) is 0 Å². The fourth-order valence-electron chi connectivity index (χ4n) is 1.74. The van der Waals surface area contributed by atoms with Crippen molar-refractivity contribution < 1.29 is 0 Å². The summed E-state index contributed by atoms with van der Waals surface area (Å²) in [4.78, 5) is 12.7. The molecule has 0 aliphatic heterocycles. The number of fused-ring (bicyclic) bond motifs is 1. The number of nitrogens with zero attached hydrogens (tertiary/aromatic N) is 3. The van der Waals surface area contributed by atoms with Gasteiger partial charge >= 0.3 is 0 Å². The van der Waals surface area contributed by atoms with Gasteiger partial charge in [-0.3, -0.25) is 15.0 Å². The molecule has 3 aromatic heterocycles. The maximum Gasteiger partial charge on any atom is 0.0797 e. The molecule has 0 saturated carbocycles. The molecule has 16 heavy (non-hydrogen) atoms. The minimum atomic E-state index is 0.952. The van der Waals surface area contributed by atoms with Crippen LogP contribution in [-0.2, 0) is 0 Å². The van der Waals surface area contributed by atoms with Gasteiger partial charge in [0.05, 0.1) is 11.2 Å². The van der Waals surface area contributed by atoms with Crippen LogP contribution in [-0.4, -0.2) is 15.0 Å². The van der Waals surface area contributed by atoms with E-state index in [1.165, 1.54) is 0 Å². The average molecular weight is 207 g/mol. The molecule has 0 aliphatic carbocycles. The molecule has 0 aromatic carbocycles. The molecule has 0 saturated heterocycles. The van der Waals surface area contributed by atoms with Gasteiger partial charge in [-0.25, -0.2) is 0 Å². The van der Waals surface area contributed by atoms with Gasteiger partial charge in [-0.1, -0.05) is 0 Å². The summed E-state index contributed by atoms with van der Waals surface area (Å²) in [6.45, 7) is 0. The number of hydrogen-bond donors (Lipinski definition) is 0. The SMILES string of the molecule is c1cnc2ccnc(-c3ccncc3)c2c1. The molecule has 0 spiro atoms. The molecule has 0 bridgehead atoms. The van der Waals surface area contributed by atoms with E-state index in [0.29, 0.717) is 0 Å². The monoisotopic (exact) mass is 207 g/mol. The molecule has 3 aromatic rings. The van der Waals surface area contributed by atoms with Crippen LogP contribution in [0.15, 0.2) is 55.1 Å². The third-order valence-electron chi connectivity index (χ3n) is 2.48. The third-order valence-corrected chi connectivity index (χ3v) is 2.48. The lowest BCUT2D eigenvalue weighted by Gasteiger charge is -2.03. The number of aromatic nitrogens is 3. The van der Waals surface area contributed by atoms with Gasteiger partial charge in [-0.2, -0.15) is 0 Å². The van der Waals surface area contributed by atoms with Crippen molar-refractivity contribution in [1.82, 2.24) is 15.0 Å². The summed E-state index contributed by atoms with van der Waals surface area (Å²) in [5, 5.41) is 1.07. The van der Waals surface area contributed by atoms with Gasteiger partial charge in [-0.15, -0.1) is 0 Å². The van der Waals surface area contributed by atoms with Crippen LogP contribution < -0.4 is 0 Å². The van der Waals surface area contributed by atoms with Crippen molar-refractivity contribution >= 4 is 10.9 Å². The van der Waals surface area contributed by atoms with Crippen LogP contribution in [0.4, 0.5) is 0 Å². The molecule has 0 unspecified atom stereocenters. The van der Waals surface area contributed by atoms with E-state index in [4.69, 9.17) is 0 Å². The second kappa shape index (κ2) is 3.70. The summed E-state index contributed by atoms with van der Waals surface area (Å²) in [5.41, 5.74) is 2.98. The molecule has 3 nitrogen and oxygen atoms in total. The Labute approximate surface area is 92.8 Å². The maximum atomic E-state index is 4.41. The first-order valence-corrected chi connectivity index (χ1v) is 5.05. The second-order valence-corrected chi connectivity index (χ2v) is 3.47. The zero-order valence-electron chi connectivity index (χ0n) is 8.54. The van der Waals surface area contributed by atoms with Crippen LogP contribution in [0.2, 0.25) is 0 Å². The van der Waals surface area contributed by atoms with E-state index in [2.05, 4.69) is 15.0 Å². The highest BCUT2D eigenvalue weighted by Gasteiger charge is 2.04. The number of hydrogen-bond acceptors (Lipinski definition) is 3. The molecule has 0 amide bonds. The van der Waals surface area contributed by atoms with Crippen molar-refractivity contribution in [1.29, 1.82) is 0 Å². The largest absolute Gasteiger partial charge is 0.265 e. The highest BCUT2D eigenvalue weighted by molar-refractivity contribution is 5.91. The quantitative estimate of drug-likeness (QED) is 0.615. The molecular formula is C13H9N3. The summed E-state index contributed by atoms with van der Waals surface area (Å²) in [6.07, 6.45) is 7.11. The van der Waals surface area contributed by atoms with Gasteiger partial charge in [0.2, 0.25) is 0 Å². The van der Waals surface area contributed by atoms with Crippen LogP contribution in [0.1, 0.15) is 0 Å². The lowest BCUT2D eigenvalue weighted by atomic mass is 10.1. The number of pyridine rings is 3. The Morgan fingerprint density at radius 1 is 0.750 bits per heavy atom. The predicted molar refractivity (Wildman–Crippen MR) is 62.8 cm³/mol. The van der Waals surface area contributed by atoms with E-state index < -0.39 is 0 Å². The van der Waals surface area contributed by atoms with Gasteiger partial charge in [0.25, 0.3) is 0 Å². The van der Waals surface area contributed by atoms with Gasteiger partial charge in [0, 0.05) is 35.7 Å². The highest BCUT2D eigenvalue weighted by atomic mass is 14.7. The zero-order valence-corrected chi connectivity index (χ0v) is 8.54. The topological polar surface area (TPSA) is 38.7 Å². The molecule has 3 heterocycles. The van der Waals surface area contributed by atoms with Crippen molar-refractivity contribution in [3.63, 3.8) is 0 Å². The summed E-state index contributed by atoms with van der Waals surface area (Å²) >= 11 is 0. The van der Waals surface area contributed by atoms with E-state index in [1.54, 1.807) is 24.8 Å². The Morgan fingerprint density at radius 3 is 2.50 bits per heavy atom. The molecule has 3 heteroatoms. The predicted octanol–water partition coefficient (Wildman–Crippen LogP) is 2.69. The zero-order chi connectivity index (χ0) is 10.8. The molecule has 0 radical (unpaired) electrons. The molecule has 3 rings (SSSR count). The van der Waals surface area contributed by atoms with Crippen molar-refractivity contribution in [3.8, 4) is 11.3 Å². The first kappa shape index (κ1) is 8.97. The summed E-state index contributed by atoms with van der Waals surface area (Å²) < 4.78 is 0. The van der Waals surface area contributed by atoms with E-state index in [0.717, 1.165) is 22.2 Å². The second-order valence-electron chi connectivity index (χ2n) is 3.47. The van der Waals surface area contributed by atoms with Crippen LogP contribution in [0.5, 0.6) is 0 Å². The molecule has 0 fully saturated rings. The molecule has 0 aliphatic rings. The summed E-state index contributed by atoms with van der Waals surface area (Å²) in [5.74, 6) is 0. The van der Waals surface area contributed by atoms with E-state index >= 15 is 0 Å². The fourth-order valence-corrected chi connectivity index (χ4v) is 1.74. The lowest BCUT2D eigenvalue weighted by Crippen LogP contribution is -1.87. The van der Waals surface area contributed by atoms with E-state index in [9.17, 15) is 0 Å². The van der Waals surface area contributed by atoms with Gasteiger partial charge < -0.3 is 0 Å². The Hall–Kier alpha value is -2.29. The van der Waals surface area contributed by atoms with E-state index in [1.807, 2.05) is 30.3 Å². The van der Waals surface area contributed by atoms with Crippen LogP contribution >= 0.6 is 0 Å². The number of rotatable bonds is 1. The van der Waals surface area contributed by atoms with Crippen molar-refractivity contribution in [2.45, 2.75) is 0 Å². The molecule has 0 atom stereocenters. The van der Waals surface area contributed by atoms with Crippen LogP contribution in [0.3, 0.4) is 0 Å². The molecule has 0 N–H and O–H groups in total. The maximum absolute atomic E-state index is 4.41. The highest BCUT2D eigenvalue weighted by Crippen LogP contribution is 2.24. The van der Waals surface area contributed by atoms with Crippen LogP contribution in [0, 0.1) is 0 Å². The minimum Gasteiger partial charge on any atom is -0.265 e. The lowest BCUT2D eigenvalue weighted by molar-refractivity contribution is 1.29. The van der Waals surface area contributed by atoms with Gasteiger partial charge in [0.1, 0.15) is 0 Å². The van der Waals surface area contributed by atoms with Gasteiger partial charge in [-0.05, 0) is 30.3 Å². The normalized spacial score (nSPS) is 10.5. The average Bonchev–Trinajstić information content (AvgIpc) is 2.39. The van der Waals surface area contributed by atoms with Gasteiger partial charge in [0.15, 0.2) is 0 Å². The molecule has 76 valence electrons. The smallest absolute Gasteiger partial charge is 0.0797 e. The first-order valence-electron chi connectivity index (χ1n) is 5.05. The summed E-state index contributed by atoms with van der Waals surface area (Å²) in [7, 11) is 0. The Morgan fingerprint density at radius 2 is 1.62 bits per heavy atom. The van der Waals surface area contributed by atoms with Crippen molar-refractivity contribution in [3.05, 3.63) is 55.1 Å². The molecular weight excluding hydrogens is 198 g/mol. The first-order chi connectivity index (χ1) is 7.95. The summed E-state index contributed by atoms with van der Waals surface area (Å²) in [6, 6.07) is 9.78. The Bertz CT molecular complexity index is 615. The Balaban J connectivity index is 2.32. The van der Waals surface area contributed by atoms with Crippen LogP contribution in [0.25, 0.3) is 22.2 Å². The fraction of sp³-hybridized carbons (Fsp3) is 0. The third kappa shape index (κ3) is 1.42. The van der Waals surface area contributed by atoms with E-state index in [-0.39, 0.29) is 0 Å². The minimum absolute atomic E-state index is 0.952.